The number of nitrogens with one attached hydrogen (secondary N) is 2. The molecule has 3 N–H and O–H groups in total. The molecule has 1 aromatic heterocycles. The van der Waals surface area contributed by atoms with Crippen LogP contribution in [0.4, 0.5) is 5.69 Å². The fourth-order valence-corrected chi connectivity index (χ4v) is 6.74. The second-order valence-corrected chi connectivity index (χ2v) is 11.8. The summed E-state index contributed by atoms with van der Waals surface area (Å²) in [7, 11) is -3.83. The lowest BCUT2D eigenvalue weighted by Gasteiger charge is -2.13. The average molecular weight is 583 g/mol. The molecule has 0 aliphatic carbocycles. The summed E-state index contributed by atoms with van der Waals surface area (Å²) in [6, 6.07) is 23.1. The van der Waals surface area contributed by atoms with Crippen LogP contribution < -0.4 is 4.72 Å². The average Bonchev–Trinajstić information content (AvgIpc) is 3.19. The Morgan fingerprint density at radius 1 is 1.03 bits per heavy atom. The number of nitrogens with zero attached hydrogens (tertiary/aromatic N) is 1. The summed E-state index contributed by atoms with van der Waals surface area (Å²) < 4.78 is 33.3. The quantitative estimate of drug-likeness (QED) is 0.205. The molecule has 6 nitrogen and oxygen atoms in total. The van der Waals surface area contributed by atoms with Gasteiger partial charge in [0.15, 0.2) is 5.88 Å². The minimum Gasteiger partial charge on any atom is -0.494 e. The van der Waals surface area contributed by atoms with Gasteiger partial charge in [-0.05, 0) is 44.8 Å². The Morgan fingerprint density at radius 2 is 1.76 bits per heavy atom. The molecule has 3 aromatic carbocycles. The van der Waals surface area contributed by atoms with E-state index in [2.05, 4.69) is 23.9 Å². The maximum absolute atomic E-state index is 13.1. The number of aromatic nitrogens is 1. The second kappa shape index (κ2) is 9.55. The zero-order chi connectivity index (χ0) is 23.5. The number of fused-ring (bicyclic) bond motifs is 1. The van der Waals surface area contributed by atoms with Gasteiger partial charge in [0.05, 0.1) is 22.2 Å². The molecule has 0 spiro atoms. The number of aliphatic imine (C=N–C) groups is 1. The number of aromatic amines is 1. The summed E-state index contributed by atoms with van der Waals surface area (Å²) in [6.07, 6.45) is 2.96. The smallest absolute Gasteiger partial charge is 0.261 e. The molecule has 8 heteroatoms. The number of hydrogen-bond donors (Lipinski definition) is 3. The SMILES string of the molecule is O=S(=O)(Nc1ccccc1)c1ccc2[nH]c(O)c(C(=NC3C=CI=CC3)c3ccccc3)c2c1. The summed E-state index contributed by atoms with van der Waals surface area (Å²) in [6.45, 7) is 0. The fourth-order valence-electron chi connectivity index (χ4n) is 3.82. The molecule has 4 aromatic rings. The molecule has 0 fully saturated rings. The van der Waals surface area contributed by atoms with E-state index in [1.54, 1.807) is 36.4 Å². The number of hydrogen-bond acceptors (Lipinski definition) is 4. The van der Waals surface area contributed by atoms with Crippen LogP contribution >= 0.6 is 20.7 Å². The minimum atomic E-state index is -3.83. The lowest BCUT2D eigenvalue weighted by atomic mass is 10.0. The van der Waals surface area contributed by atoms with Gasteiger partial charge < -0.3 is 10.1 Å². The van der Waals surface area contributed by atoms with Gasteiger partial charge in [-0.1, -0.05) is 75.3 Å². The number of halogens is 1. The third kappa shape index (κ3) is 4.69. The van der Waals surface area contributed by atoms with Crippen LogP contribution in [0.3, 0.4) is 0 Å². The Balaban J connectivity index is 1.64. The van der Waals surface area contributed by atoms with Crippen LogP contribution in [0.5, 0.6) is 5.88 Å². The molecule has 0 saturated carbocycles. The summed E-state index contributed by atoms with van der Waals surface area (Å²) in [4.78, 5) is 8.08. The first kappa shape index (κ1) is 22.5. The highest BCUT2D eigenvalue weighted by Gasteiger charge is 2.22. The van der Waals surface area contributed by atoms with E-state index in [-0.39, 0.29) is 37.5 Å². The standard InChI is InChI=1S/C26H22IN3O3S/c31-26-24(25(18-7-3-1-4-8-18)28-19-13-15-27-16-14-19)22-17-21(11-12-23(22)29-26)34(32,33)30-20-9-5-2-6-10-20/h1-13,15-17,19,29-31H,14H2. The molecule has 0 radical (unpaired) electrons. The monoisotopic (exact) mass is 583 g/mol. The topological polar surface area (TPSA) is 94.5 Å². The van der Waals surface area contributed by atoms with Crippen LogP contribution in [-0.2, 0) is 10.0 Å². The maximum atomic E-state index is 13.1. The Labute approximate surface area is 207 Å². The molecule has 1 atom stereocenters. The Bertz CT molecular complexity index is 1530. The first-order valence-electron chi connectivity index (χ1n) is 10.7. The van der Waals surface area contributed by atoms with Crippen LogP contribution in [0.15, 0.2) is 98.9 Å². The van der Waals surface area contributed by atoms with Crippen molar-refractivity contribution in [1.82, 2.24) is 4.98 Å². The van der Waals surface area contributed by atoms with Gasteiger partial charge in [0.2, 0.25) is 0 Å². The third-order valence-electron chi connectivity index (χ3n) is 5.45. The van der Waals surface area contributed by atoms with Crippen molar-refractivity contribution in [1.29, 1.82) is 0 Å². The number of anilines is 1. The predicted octanol–water partition coefficient (Wildman–Crippen LogP) is 5.57. The summed E-state index contributed by atoms with van der Waals surface area (Å²) in [5.41, 5.74) is 3.08. The van der Waals surface area contributed by atoms with Gasteiger partial charge in [0, 0.05) is 22.2 Å². The van der Waals surface area contributed by atoms with Crippen molar-refractivity contribution in [3.63, 3.8) is 0 Å². The van der Waals surface area contributed by atoms with E-state index < -0.39 is 10.0 Å². The van der Waals surface area contributed by atoms with Gasteiger partial charge in [-0.3, -0.25) is 9.71 Å². The van der Waals surface area contributed by atoms with Gasteiger partial charge in [-0.15, -0.1) is 0 Å². The molecular weight excluding hydrogens is 561 g/mol. The summed E-state index contributed by atoms with van der Waals surface area (Å²) >= 11 is -0.0182. The number of rotatable bonds is 6. The molecule has 1 unspecified atom stereocenters. The van der Waals surface area contributed by atoms with Crippen molar-refractivity contribution in [2.75, 3.05) is 4.72 Å². The minimum absolute atomic E-state index is 0.0182. The molecule has 0 bridgehead atoms. The highest BCUT2D eigenvalue weighted by Crippen LogP contribution is 2.33. The van der Waals surface area contributed by atoms with Crippen molar-refractivity contribution >= 4 is 57.1 Å². The largest absolute Gasteiger partial charge is 0.494 e. The Kier molecular flexibility index (Phi) is 6.34. The zero-order valence-corrected chi connectivity index (χ0v) is 21.0. The predicted molar refractivity (Wildman–Crippen MR) is 147 cm³/mol. The molecule has 0 saturated heterocycles. The normalized spacial score (nSPS) is 16.4. The zero-order valence-electron chi connectivity index (χ0n) is 18.0. The Hall–Kier alpha value is -3.24. The van der Waals surface area contributed by atoms with E-state index in [0.717, 1.165) is 12.0 Å². The summed E-state index contributed by atoms with van der Waals surface area (Å²) in [5.74, 6) is -0.0423. The molecule has 5 rings (SSSR count). The molecule has 0 amide bonds. The maximum Gasteiger partial charge on any atom is 0.261 e. The van der Waals surface area contributed by atoms with E-state index >= 15 is 0 Å². The number of para-hydroxylation sites is 1. The van der Waals surface area contributed by atoms with Crippen LogP contribution in [0, 0.1) is 0 Å². The van der Waals surface area contributed by atoms with Crippen LogP contribution in [0.1, 0.15) is 17.5 Å². The van der Waals surface area contributed by atoms with Crippen molar-refractivity contribution < 1.29 is 13.5 Å². The van der Waals surface area contributed by atoms with Gasteiger partial charge in [0.25, 0.3) is 10.0 Å². The molecular formula is C26H22IN3O3S. The lowest BCUT2D eigenvalue weighted by Crippen LogP contribution is -2.13. The number of sulfonamides is 1. The van der Waals surface area contributed by atoms with E-state index in [4.69, 9.17) is 4.99 Å². The molecule has 2 heterocycles. The van der Waals surface area contributed by atoms with Crippen molar-refractivity contribution in [2.45, 2.75) is 17.4 Å². The number of H-pyrrole nitrogens is 1. The fraction of sp³-hybridized carbons (Fsp3) is 0.0769. The first-order valence-corrected chi connectivity index (χ1v) is 14.7. The van der Waals surface area contributed by atoms with Gasteiger partial charge in [-0.2, -0.15) is 0 Å². The van der Waals surface area contributed by atoms with E-state index in [1.165, 1.54) is 6.07 Å². The van der Waals surface area contributed by atoms with E-state index in [1.807, 2.05) is 36.4 Å². The van der Waals surface area contributed by atoms with Gasteiger partial charge in [0.1, 0.15) is 0 Å². The van der Waals surface area contributed by atoms with Crippen LogP contribution in [0.2, 0.25) is 0 Å². The van der Waals surface area contributed by atoms with Crippen molar-refractivity contribution in [2.24, 2.45) is 4.99 Å². The number of benzene rings is 3. The van der Waals surface area contributed by atoms with Crippen molar-refractivity contribution in [3.05, 3.63) is 100 Å². The second-order valence-electron chi connectivity index (χ2n) is 7.77. The molecule has 1 aliphatic heterocycles. The van der Waals surface area contributed by atoms with Crippen LogP contribution in [0.25, 0.3) is 10.9 Å². The highest BCUT2D eigenvalue weighted by molar-refractivity contribution is 14.2. The molecule has 34 heavy (non-hydrogen) atoms. The Morgan fingerprint density at radius 3 is 2.47 bits per heavy atom. The van der Waals surface area contributed by atoms with Gasteiger partial charge in [-0.25, -0.2) is 8.42 Å². The third-order valence-corrected chi connectivity index (χ3v) is 8.68. The highest BCUT2D eigenvalue weighted by atomic mass is 127. The van der Waals surface area contributed by atoms with Crippen molar-refractivity contribution in [3.8, 4) is 5.88 Å². The molecule has 1 aliphatic rings. The van der Waals surface area contributed by atoms with Crippen LogP contribution in [-0.4, -0.2) is 34.3 Å². The first-order chi connectivity index (χ1) is 16.5. The lowest BCUT2D eigenvalue weighted by molar-refractivity contribution is 0.457. The number of aromatic hydroxyl groups is 1. The molecule has 172 valence electrons. The summed E-state index contributed by atoms with van der Waals surface area (Å²) in [5, 5.41) is 11.5. The van der Waals surface area contributed by atoms with E-state index in [9.17, 15) is 13.5 Å². The van der Waals surface area contributed by atoms with Gasteiger partial charge >= 0.3 is 0 Å². The van der Waals surface area contributed by atoms with E-state index in [0.29, 0.717) is 27.9 Å².